The van der Waals surface area contributed by atoms with Crippen molar-refractivity contribution in [3.8, 4) is 0 Å². The summed E-state index contributed by atoms with van der Waals surface area (Å²) in [6.45, 7) is 0.869. The highest BCUT2D eigenvalue weighted by molar-refractivity contribution is 9.10. The van der Waals surface area contributed by atoms with Crippen molar-refractivity contribution < 1.29 is 0 Å². The van der Waals surface area contributed by atoms with Crippen LogP contribution in [0.2, 0.25) is 10.3 Å². The van der Waals surface area contributed by atoms with E-state index < -0.39 is 0 Å². The third-order valence-electron chi connectivity index (χ3n) is 1.60. The molecule has 0 bridgehead atoms. The molecule has 0 spiro atoms. The lowest BCUT2D eigenvalue weighted by Crippen LogP contribution is -2.16. The predicted molar refractivity (Wildman–Crippen MR) is 62.0 cm³/mol. The van der Waals surface area contributed by atoms with E-state index in [-0.39, 0.29) is 0 Å². The topological polar surface area (TPSA) is 29.0 Å². The minimum Gasteiger partial charge on any atom is -0.309 e. The Morgan fingerprint density at radius 3 is 2.14 bits per heavy atom. The Balaban J connectivity index is 2.79. The maximum atomic E-state index is 5.84. The van der Waals surface area contributed by atoms with Crippen LogP contribution in [-0.2, 0) is 6.42 Å². The van der Waals surface area contributed by atoms with Gasteiger partial charge >= 0.3 is 0 Å². The molecule has 0 unspecified atom stereocenters. The summed E-state index contributed by atoms with van der Waals surface area (Å²) in [5.74, 6) is 0.664. The Morgan fingerprint density at radius 2 is 1.71 bits per heavy atom. The Hall–Kier alpha value is 0.1000. The summed E-state index contributed by atoms with van der Waals surface area (Å²) in [6.07, 6.45) is 0.736. The first kappa shape index (κ1) is 12.2. The number of likely N-dealkylation sites (N-methyl/N-ethyl adjacent to an activating group) is 1. The summed E-state index contributed by atoms with van der Waals surface area (Å²) in [7, 11) is 3.98. The van der Waals surface area contributed by atoms with E-state index in [0.29, 0.717) is 20.6 Å². The average Bonchev–Trinajstić information content (AvgIpc) is 2.10. The van der Waals surface area contributed by atoms with Crippen molar-refractivity contribution in [2.24, 2.45) is 0 Å². The van der Waals surface area contributed by atoms with Crippen molar-refractivity contribution in [1.29, 1.82) is 0 Å². The zero-order chi connectivity index (χ0) is 10.7. The number of aromatic nitrogens is 2. The fraction of sp³-hybridized carbons (Fsp3) is 0.500. The van der Waals surface area contributed by atoms with E-state index in [9.17, 15) is 0 Å². The lowest BCUT2D eigenvalue weighted by atomic mass is 10.4. The monoisotopic (exact) mass is 297 g/mol. The van der Waals surface area contributed by atoms with Crippen molar-refractivity contribution >= 4 is 39.1 Å². The van der Waals surface area contributed by atoms with Gasteiger partial charge in [0, 0.05) is 13.0 Å². The van der Waals surface area contributed by atoms with Crippen molar-refractivity contribution in [2.45, 2.75) is 6.42 Å². The van der Waals surface area contributed by atoms with E-state index in [1.54, 1.807) is 0 Å². The summed E-state index contributed by atoms with van der Waals surface area (Å²) in [4.78, 5) is 10.3. The lowest BCUT2D eigenvalue weighted by Gasteiger charge is -2.08. The molecule has 3 nitrogen and oxygen atoms in total. The van der Waals surface area contributed by atoms with E-state index in [4.69, 9.17) is 23.2 Å². The van der Waals surface area contributed by atoms with Gasteiger partial charge in [-0.15, -0.1) is 0 Å². The van der Waals surface area contributed by atoms with Gasteiger partial charge in [0.2, 0.25) is 0 Å². The van der Waals surface area contributed by atoms with E-state index in [2.05, 4.69) is 25.9 Å². The highest BCUT2D eigenvalue weighted by Gasteiger charge is 2.08. The molecular formula is C8H10BrCl2N3. The number of nitrogens with zero attached hydrogens (tertiary/aromatic N) is 3. The molecule has 0 atom stereocenters. The maximum Gasteiger partial charge on any atom is 0.148 e. The minimum atomic E-state index is 0.360. The van der Waals surface area contributed by atoms with Gasteiger partial charge in [-0.3, -0.25) is 0 Å². The highest BCUT2D eigenvalue weighted by Crippen LogP contribution is 2.26. The van der Waals surface area contributed by atoms with Crippen LogP contribution < -0.4 is 0 Å². The largest absolute Gasteiger partial charge is 0.309 e. The fourth-order valence-corrected chi connectivity index (χ4v) is 1.47. The Morgan fingerprint density at radius 1 is 1.21 bits per heavy atom. The molecule has 0 aliphatic rings. The third-order valence-corrected chi connectivity index (χ3v) is 3.35. The van der Waals surface area contributed by atoms with Crippen LogP contribution in [0.3, 0.4) is 0 Å². The predicted octanol–water partition coefficient (Wildman–Crippen LogP) is 2.65. The summed E-state index contributed by atoms with van der Waals surface area (Å²) >= 11 is 14.9. The first-order valence-corrected chi connectivity index (χ1v) is 5.57. The SMILES string of the molecule is CN(C)CCc1nc(Cl)c(Br)c(Cl)n1. The van der Waals surface area contributed by atoms with E-state index in [1.807, 2.05) is 19.0 Å². The molecule has 0 fully saturated rings. The molecule has 0 aromatic carbocycles. The molecule has 78 valence electrons. The number of hydrogen-bond acceptors (Lipinski definition) is 3. The van der Waals surface area contributed by atoms with Crippen molar-refractivity contribution in [3.05, 3.63) is 20.6 Å². The molecule has 0 saturated carbocycles. The number of halogens is 3. The molecule has 6 heteroatoms. The van der Waals surface area contributed by atoms with Crippen molar-refractivity contribution in [3.63, 3.8) is 0 Å². The number of rotatable bonds is 3. The van der Waals surface area contributed by atoms with E-state index >= 15 is 0 Å². The normalized spacial score (nSPS) is 11.0. The first-order chi connectivity index (χ1) is 6.50. The Kier molecular flexibility index (Phi) is 4.57. The standard InChI is InChI=1S/C8H10BrCl2N3/c1-14(2)4-3-5-12-7(10)6(9)8(11)13-5/h3-4H2,1-2H3. The van der Waals surface area contributed by atoms with Crippen LogP contribution in [-0.4, -0.2) is 35.5 Å². The molecule has 0 amide bonds. The van der Waals surface area contributed by atoms with Gasteiger partial charge in [0.15, 0.2) is 0 Å². The summed E-state index contributed by atoms with van der Waals surface area (Å²) in [5, 5.41) is 0.720. The maximum absolute atomic E-state index is 5.84. The average molecular weight is 299 g/mol. The molecule has 1 heterocycles. The van der Waals surface area contributed by atoms with Crippen LogP contribution in [0, 0.1) is 0 Å². The van der Waals surface area contributed by atoms with Crippen molar-refractivity contribution in [1.82, 2.24) is 14.9 Å². The van der Waals surface area contributed by atoms with Crippen LogP contribution in [0.5, 0.6) is 0 Å². The Labute approximate surface area is 102 Å². The van der Waals surface area contributed by atoms with Gasteiger partial charge in [0.25, 0.3) is 0 Å². The minimum absolute atomic E-state index is 0.360. The van der Waals surface area contributed by atoms with Crippen LogP contribution in [0.4, 0.5) is 0 Å². The molecule has 1 rings (SSSR count). The second-order valence-corrected chi connectivity index (χ2v) is 4.60. The molecule has 0 radical (unpaired) electrons. The molecule has 0 aliphatic carbocycles. The second kappa shape index (κ2) is 5.26. The third kappa shape index (κ3) is 3.35. The lowest BCUT2D eigenvalue weighted by molar-refractivity contribution is 0.409. The van der Waals surface area contributed by atoms with Gasteiger partial charge in [0.05, 0.1) is 4.47 Å². The molecular weight excluding hydrogens is 289 g/mol. The first-order valence-electron chi connectivity index (χ1n) is 4.03. The number of hydrogen-bond donors (Lipinski definition) is 0. The molecule has 14 heavy (non-hydrogen) atoms. The van der Waals surface area contributed by atoms with Crippen LogP contribution in [0.25, 0.3) is 0 Å². The van der Waals surface area contributed by atoms with E-state index in [0.717, 1.165) is 13.0 Å². The summed E-state index contributed by atoms with van der Waals surface area (Å²) < 4.78 is 0.550. The van der Waals surface area contributed by atoms with Gasteiger partial charge in [-0.2, -0.15) is 0 Å². The van der Waals surface area contributed by atoms with E-state index in [1.165, 1.54) is 0 Å². The molecule has 0 N–H and O–H groups in total. The molecule has 1 aromatic rings. The van der Waals surface area contributed by atoms with Gasteiger partial charge in [0.1, 0.15) is 16.1 Å². The van der Waals surface area contributed by atoms with Crippen molar-refractivity contribution in [2.75, 3.05) is 20.6 Å². The Bertz CT molecular complexity index is 307. The highest BCUT2D eigenvalue weighted by atomic mass is 79.9. The van der Waals surface area contributed by atoms with Crippen LogP contribution >= 0.6 is 39.1 Å². The van der Waals surface area contributed by atoms with Crippen LogP contribution in [0.15, 0.2) is 4.47 Å². The molecule has 1 aromatic heterocycles. The van der Waals surface area contributed by atoms with Crippen LogP contribution in [0.1, 0.15) is 5.82 Å². The molecule has 0 aliphatic heterocycles. The zero-order valence-electron chi connectivity index (χ0n) is 7.89. The zero-order valence-corrected chi connectivity index (χ0v) is 11.0. The van der Waals surface area contributed by atoms with Gasteiger partial charge in [-0.1, -0.05) is 23.2 Å². The quantitative estimate of drug-likeness (QED) is 0.804. The summed E-state index contributed by atoms with van der Waals surface area (Å²) in [6, 6.07) is 0. The second-order valence-electron chi connectivity index (χ2n) is 3.09. The molecule has 0 saturated heterocycles. The van der Waals surface area contributed by atoms with Gasteiger partial charge < -0.3 is 4.90 Å². The van der Waals surface area contributed by atoms with Gasteiger partial charge in [-0.25, -0.2) is 9.97 Å². The smallest absolute Gasteiger partial charge is 0.148 e. The fourth-order valence-electron chi connectivity index (χ4n) is 0.870. The summed E-state index contributed by atoms with van der Waals surface area (Å²) in [5.41, 5.74) is 0. The van der Waals surface area contributed by atoms with Gasteiger partial charge in [-0.05, 0) is 30.0 Å².